The van der Waals surface area contributed by atoms with E-state index in [0.717, 1.165) is 43.6 Å². The molecule has 1 aromatic carbocycles. The lowest BCUT2D eigenvalue weighted by Crippen LogP contribution is -2.33. The lowest BCUT2D eigenvalue weighted by atomic mass is 9.89. The van der Waals surface area contributed by atoms with Crippen LogP contribution in [-0.4, -0.2) is 19.3 Å². The second-order valence-electron chi connectivity index (χ2n) is 4.72. The van der Waals surface area contributed by atoms with Gasteiger partial charge in [0.25, 0.3) is 0 Å². The zero-order valence-corrected chi connectivity index (χ0v) is 10.1. The van der Waals surface area contributed by atoms with Crippen LogP contribution in [-0.2, 0) is 5.92 Å². The summed E-state index contributed by atoms with van der Waals surface area (Å²) in [7, 11) is 0. The van der Waals surface area contributed by atoms with E-state index in [0.29, 0.717) is 0 Å². The summed E-state index contributed by atoms with van der Waals surface area (Å²) >= 11 is 0. The molecular weight excluding hydrogens is 265 g/mol. The molecule has 0 radical (unpaired) electrons. The van der Waals surface area contributed by atoms with Crippen LogP contribution in [0.1, 0.15) is 29.9 Å². The van der Waals surface area contributed by atoms with Gasteiger partial charge in [-0.1, -0.05) is 24.3 Å². The van der Waals surface area contributed by atoms with Crippen molar-refractivity contribution in [1.82, 2.24) is 5.32 Å². The minimum atomic E-state index is -5.55. The average Bonchev–Trinajstić information content (AvgIpc) is 2.39. The Morgan fingerprint density at radius 2 is 1.42 bits per heavy atom. The first-order chi connectivity index (χ1) is 8.82. The molecule has 0 bridgehead atoms. The van der Waals surface area contributed by atoms with Crippen molar-refractivity contribution in [1.29, 1.82) is 0 Å². The van der Waals surface area contributed by atoms with E-state index in [9.17, 15) is 22.0 Å². The van der Waals surface area contributed by atoms with E-state index < -0.39 is 17.7 Å². The number of nitrogens with one attached hydrogen (secondary N) is 1. The van der Waals surface area contributed by atoms with Gasteiger partial charge in [0.15, 0.2) is 0 Å². The molecule has 1 aliphatic rings. The number of benzene rings is 1. The number of hydrogen-bond donors (Lipinski definition) is 1. The summed E-state index contributed by atoms with van der Waals surface area (Å²) in [5.74, 6) is -4.56. The lowest BCUT2D eigenvalue weighted by Gasteiger charge is -2.24. The molecule has 1 aliphatic heterocycles. The molecule has 0 aliphatic carbocycles. The largest absolute Gasteiger partial charge is 0.458 e. The summed E-state index contributed by atoms with van der Waals surface area (Å²) in [6.45, 7) is 1.68. The molecular formula is C13H14F5N. The van der Waals surface area contributed by atoms with E-state index in [1.807, 2.05) is 0 Å². The van der Waals surface area contributed by atoms with Crippen LogP contribution in [0.15, 0.2) is 24.3 Å². The van der Waals surface area contributed by atoms with E-state index in [2.05, 4.69) is 5.32 Å². The Balaban J connectivity index is 2.18. The zero-order valence-electron chi connectivity index (χ0n) is 10.1. The maximum Gasteiger partial charge on any atom is 0.458 e. The van der Waals surface area contributed by atoms with Gasteiger partial charge in [0.1, 0.15) is 0 Å². The summed E-state index contributed by atoms with van der Waals surface area (Å²) in [6.07, 6.45) is -3.81. The predicted molar refractivity (Wildman–Crippen MR) is 61.2 cm³/mol. The van der Waals surface area contributed by atoms with Gasteiger partial charge in [-0.05, 0) is 37.4 Å². The quantitative estimate of drug-likeness (QED) is 0.812. The normalized spacial score (nSPS) is 18.6. The fourth-order valence-corrected chi connectivity index (χ4v) is 2.28. The molecule has 1 fully saturated rings. The van der Waals surface area contributed by atoms with Crippen LogP contribution in [0.3, 0.4) is 0 Å². The van der Waals surface area contributed by atoms with E-state index in [4.69, 9.17) is 0 Å². The van der Waals surface area contributed by atoms with Crippen LogP contribution in [0.25, 0.3) is 0 Å². The first-order valence-electron chi connectivity index (χ1n) is 6.08. The van der Waals surface area contributed by atoms with Gasteiger partial charge in [0.05, 0.1) is 0 Å². The van der Waals surface area contributed by atoms with Crippen molar-refractivity contribution in [3.63, 3.8) is 0 Å². The monoisotopic (exact) mass is 279 g/mol. The van der Waals surface area contributed by atoms with Crippen LogP contribution in [0.4, 0.5) is 22.0 Å². The highest BCUT2D eigenvalue weighted by atomic mass is 19.4. The molecule has 1 N–H and O–H groups in total. The van der Waals surface area contributed by atoms with Gasteiger partial charge in [-0.15, -0.1) is 0 Å². The fraction of sp³-hybridized carbons (Fsp3) is 0.538. The second-order valence-corrected chi connectivity index (χ2v) is 4.72. The van der Waals surface area contributed by atoms with Crippen LogP contribution in [0, 0.1) is 0 Å². The van der Waals surface area contributed by atoms with Gasteiger partial charge in [-0.3, -0.25) is 0 Å². The minimum absolute atomic E-state index is 0.231. The Kier molecular flexibility index (Phi) is 3.80. The minimum Gasteiger partial charge on any atom is -0.317 e. The molecule has 0 aromatic heterocycles. The summed E-state index contributed by atoms with van der Waals surface area (Å²) < 4.78 is 62.9. The van der Waals surface area contributed by atoms with Crippen molar-refractivity contribution in [2.75, 3.05) is 13.1 Å². The number of rotatable bonds is 2. The molecule has 19 heavy (non-hydrogen) atoms. The highest BCUT2D eigenvalue weighted by molar-refractivity contribution is 5.29. The van der Waals surface area contributed by atoms with Gasteiger partial charge in [0.2, 0.25) is 0 Å². The zero-order chi connectivity index (χ0) is 14.1. The van der Waals surface area contributed by atoms with Crippen molar-refractivity contribution >= 4 is 0 Å². The molecule has 106 valence electrons. The highest BCUT2D eigenvalue weighted by Gasteiger charge is 2.58. The maximum absolute atomic E-state index is 13.1. The second kappa shape index (κ2) is 5.07. The first kappa shape index (κ1) is 14.2. The molecule has 0 unspecified atom stereocenters. The Bertz CT molecular complexity index is 418. The molecule has 1 saturated heterocycles. The molecule has 0 saturated carbocycles. The van der Waals surface area contributed by atoms with E-state index in [1.165, 1.54) is 12.1 Å². The van der Waals surface area contributed by atoms with Crippen molar-refractivity contribution < 1.29 is 22.0 Å². The summed E-state index contributed by atoms with van der Waals surface area (Å²) in [4.78, 5) is 0. The van der Waals surface area contributed by atoms with Gasteiger partial charge < -0.3 is 5.32 Å². The molecule has 6 heteroatoms. The van der Waals surface area contributed by atoms with E-state index >= 15 is 0 Å². The van der Waals surface area contributed by atoms with Gasteiger partial charge in [-0.2, -0.15) is 22.0 Å². The topological polar surface area (TPSA) is 12.0 Å². The van der Waals surface area contributed by atoms with Crippen LogP contribution >= 0.6 is 0 Å². The Morgan fingerprint density at radius 3 is 1.89 bits per heavy atom. The summed E-state index contributed by atoms with van der Waals surface area (Å²) in [5, 5.41) is 3.17. The predicted octanol–water partition coefficient (Wildman–Crippen LogP) is 3.81. The molecule has 0 atom stereocenters. The fourth-order valence-electron chi connectivity index (χ4n) is 2.28. The smallest absolute Gasteiger partial charge is 0.317 e. The number of piperidine rings is 1. The standard InChI is InChI=1S/C13H14F5N/c14-12(15,13(16,17)18)11-3-1-9(2-4-11)10-5-7-19-8-6-10/h1-4,10,19H,5-8H2. The van der Waals surface area contributed by atoms with Crippen LogP contribution in [0.2, 0.25) is 0 Å². The number of hydrogen-bond acceptors (Lipinski definition) is 1. The first-order valence-corrected chi connectivity index (χ1v) is 6.08. The van der Waals surface area contributed by atoms with Crippen LogP contribution in [0.5, 0.6) is 0 Å². The van der Waals surface area contributed by atoms with Crippen molar-refractivity contribution in [3.8, 4) is 0 Å². The Labute approximate surface area is 107 Å². The third-order valence-corrected chi connectivity index (χ3v) is 3.44. The third kappa shape index (κ3) is 2.88. The van der Waals surface area contributed by atoms with Gasteiger partial charge in [0, 0.05) is 5.56 Å². The van der Waals surface area contributed by atoms with Crippen molar-refractivity contribution in [2.24, 2.45) is 0 Å². The average molecular weight is 279 g/mol. The maximum atomic E-state index is 13.1. The van der Waals surface area contributed by atoms with Gasteiger partial charge >= 0.3 is 12.1 Å². The Hall–Kier alpha value is -1.17. The Morgan fingerprint density at radius 1 is 0.895 bits per heavy atom. The molecule has 0 amide bonds. The van der Waals surface area contributed by atoms with Crippen LogP contribution < -0.4 is 5.32 Å². The molecule has 1 nitrogen and oxygen atoms in total. The summed E-state index contributed by atoms with van der Waals surface area (Å²) in [5.41, 5.74) is -0.180. The summed E-state index contributed by atoms with van der Waals surface area (Å²) in [6, 6.07) is 4.52. The van der Waals surface area contributed by atoms with E-state index in [-0.39, 0.29) is 5.92 Å². The molecule has 1 aromatic rings. The molecule has 0 spiro atoms. The van der Waals surface area contributed by atoms with Crippen molar-refractivity contribution in [2.45, 2.75) is 30.9 Å². The van der Waals surface area contributed by atoms with E-state index in [1.54, 1.807) is 0 Å². The van der Waals surface area contributed by atoms with Gasteiger partial charge in [-0.25, -0.2) is 0 Å². The molecule has 2 rings (SSSR count). The SMILES string of the molecule is FC(F)(F)C(F)(F)c1ccc(C2CCNCC2)cc1. The lowest BCUT2D eigenvalue weighted by molar-refractivity contribution is -0.289. The molecule has 1 heterocycles. The highest BCUT2D eigenvalue weighted by Crippen LogP contribution is 2.44. The number of alkyl halides is 5. The third-order valence-electron chi connectivity index (χ3n) is 3.44. The van der Waals surface area contributed by atoms with Crippen molar-refractivity contribution in [3.05, 3.63) is 35.4 Å². The number of halogens is 5.